The fourth-order valence-corrected chi connectivity index (χ4v) is 2.76. The molecule has 0 radical (unpaired) electrons. The number of carbonyl (C=O) groups is 1. The van der Waals surface area contributed by atoms with E-state index in [0.717, 1.165) is 31.7 Å². The minimum Gasteiger partial charge on any atom is -0.381 e. The van der Waals surface area contributed by atoms with Crippen molar-refractivity contribution in [1.82, 2.24) is 9.88 Å². The zero-order valence-corrected chi connectivity index (χ0v) is 11.1. The molecule has 0 aromatic carbocycles. The average molecular weight is 254 g/mol. The first kappa shape index (κ1) is 12.5. The lowest BCUT2D eigenvalue weighted by Crippen LogP contribution is -2.34. The van der Waals surface area contributed by atoms with Crippen LogP contribution < -0.4 is 0 Å². The third-order valence-corrected chi connectivity index (χ3v) is 4.17. The van der Waals surface area contributed by atoms with Gasteiger partial charge in [0.1, 0.15) is 0 Å². The van der Waals surface area contributed by atoms with Gasteiger partial charge >= 0.3 is 0 Å². The lowest BCUT2D eigenvalue weighted by Gasteiger charge is -2.19. The Morgan fingerprint density at radius 1 is 1.71 bits per heavy atom. The Balaban J connectivity index is 1.82. The standard InChI is InChI=1S/C12H18N2O2S/c1-9-11(17-8-13-9)3-5-14(2)12(15)10-4-6-16-7-10/h8,10H,3-7H2,1-2H3/t10-/m0/s1. The van der Waals surface area contributed by atoms with Crippen LogP contribution in [0.25, 0.3) is 0 Å². The number of likely N-dealkylation sites (N-methyl/N-ethyl adjacent to an activating group) is 1. The van der Waals surface area contributed by atoms with E-state index in [9.17, 15) is 4.79 Å². The summed E-state index contributed by atoms with van der Waals surface area (Å²) >= 11 is 1.66. The molecule has 94 valence electrons. The summed E-state index contributed by atoms with van der Waals surface area (Å²) in [5, 5.41) is 0. The van der Waals surface area contributed by atoms with Gasteiger partial charge in [-0.3, -0.25) is 4.79 Å². The van der Waals surface area contributed by atoms with E-state index in [0.29, 0.717) is 6.61 Å². The number of ether oxygens (including phenoxy) is 1. The summed E-state index contributed by atoms with van der Waals surface area (Å²) in [6.45, 7) is 4.08. The van der Waals surface area contributed by atoms with E-state index in [2.05, 4.69) is 4.98 Å². The monoisotopic (exact) mass is 254 g/mol. The van der Waals surface area contributed by atoms with Crippen LogP contribution in [0.5, 0.6) is 0 Å². The molecule has 1 fully saturated rings. The highest BCUT2D eigenvalue weighted by Gasteiger charge is 2.26. The first-order valence-electron chi connectivity index (χ1n) is 5.90. The summed E-state index contributed by atoms with van der Waals surface area (Å²) in [5.41, 5.74) is 2.94. The van der Waals surface area contributed by atoms with Gasteiger partial charge in [-0.05, 0) is 13.3 Å². The molecular formula is C12H18N2O2S. The van der Waals surface area contributed by atoms with Crippen LogP contribution in [0.15, 0.2) is 5.51 Å². The summed E-state index contributed by atoms with van der Waals surface area (Å²) in [6, 6.07) is 0. The fourth-order valence-electron chi connectivity index (χ4n) is 1.99. The SMILES string of the molecule is Cc1ncsc1CCN(C)C(=O)[C@H]1CCOC1. The van der Waals surface area contributed by atoms with Crippen molar-refractivity contribution in [2.45, 2.75) is 19.8 Å². The number of hydrogen-bond acceptors (Lipinski definition) is 4. The topological polar surface area (TPSA) is 42.4 Å². The summed E-state index contributed by atoms with van der Waals surface area (Å²) in [5.74, 6) is 0.284. The second-order valence-corrected chi connectivity index (χ2v) is 5.37. The molecule has 1 aliphatic rings. The normalized spacial score (nSPS) is 19.5. The Kier molecular flexibility index (Phi) is 4.12. The molecule has 1 saturated heterocycles. The maximum absolute atomic E-state index is 12.0. The molecule has 1 amide bonds. The van der Waals surface area contributed by atoms with Gasteiger partial charge in [0.25, 0.3) is 0 Å². The number of nitrogens with zero attached hydrogens (tertiary/aromatic N) is 2. The molecule has 0 saturated carbocycles. The maximum Gasteiger partial charge on any atom is 0.227 e. The van der Waals surface area contributed by atoms with Crippen LogP contribution in [0.3, 0.4) is 0 Å². The van der Waals surface area contributed by atoms with E-state index in [-0.39, 0.29) is 11.8 Å². The van der Waals surface area contributed by atoms with Crippen molar-refractivity contribution in [1.29, 1.82) is 0 Å². The molecule has 1 atom stereocenters. The number of carbonyl (C=O) groups excluding carboxylic acids is 1. The molecule has 17 heavy (non-hydrogen) atoms. The van der Waals surface area contributed by atoms with Crippen molar-refractivity contribution >= 4 is 17.2 Å². The van der Waals surface area contributed by atoms with Crippen LogP contribution in [0.4, 0.5) is 0 Å². The predicted octanol–water partition coefficient (Wildman–Crippen LogP) is 1.49. The molecule has 0 unspecified atom stereocenters. The van der Waals surface area contributed by atoms with Crippen LogP contribution in [-0.4, -0.2) is 42.6 Å². The smallest absolute Gasteiger partial charge is 0.227 e. The lowest BCUT2D eigenvalue weighted by molar-refractivity contribution is -0.134. The van der Waals surface area contributed by atoms with Crippen LogP contribution in [0.1, 0.15) is 17.0 Å². The van der Waals surface area contributed by atoms with Gasteiger partial charge in [-0.1, -0.05) is 0 Å². The minimum atomic E-state index is 0.0718. The largest absolute Gasteiger partial charge is 0.381 e. The van der Waals surface area contributed by atoms with Gasteiger partial charge in [0, 0.05) is 31.5 Å². The van der Waals surface area contributed by atoms with Gasteiger partial charge in [-0.2, -0.15) is 0 Å². The second kappa shape index (κ2) is 5.60. The van der Waals surface area contributed by atoms with Crippen LogP contribution >= 0.6 is 11.3 Å². The Labute approximate surface area is 106 Å². The van der Waals surface area contributed by atoms with Crippen molar-refractivity contribution < 1.29 is 9.53 Å². The Morgan fingerprint density at radius 3 is 3.12 bits per heavy atom. The lowest BCUT2D eigenvalue weighted by atomic mass is 10.1. The third kappa shape index (κ3) is 3.04. The van der Waals surface area contributed by atoms with Crippen LogP contribution in [0.2, 0.25) is 0 Å². The number of aromatic nitrogens is 1. The Bertz CT molecular complexity index is 386. The molecule has 0 bridgehead atoms. The highest BCUT2D eigenvalue weighted by molar-refractivity contribution is 7.09. The molecule has 0 spiro atoms. The van der Waals surface area contributed by atoms with Gasteiger partial charge in [0.2, 0.25) is 5.91 Å². The summed E-state index contributed by atoms with van der Waals surface area (Å²) in [7, 11) is 1.87. The molecule has 5 heteroatoms. The number of amides is 1. The average Bonchev–Trinajstić information content (AvgIpc) is 2.96. The fraction of sp³-hybridized carbons (Fsp3) is 0.667. The molecule has 1 aliphatic heterocycles. The first-order valence-corrected chi connectivity index (χ1v) is 6.78. The molecule has 1 aromatic heterocycles. The molecular weight excluding hydrogens is 236 g/mol. The highest BCUT2D eigenvalue weighted by Crippen LogP contribution is 2.16. The first-order chi connectivity index (χ1) is 8.18. The minimum absolute atomic E-state index is 0.0718. The molecule has 2 rings (SSSR count). The molecule has 0 N–H and O–H groups in total. The number of hydrogen-bond donors (Lipinski definition) is 0. The van der Waals surface area contributed by atoms with Gasteiger partial charge in [0.15, 0.2) is 0 Å². The van der Waals surface area contributed by atoms with E-state index in [1.165, 1.54) is 4.88 Å². The van der Waals surface area contributed by atoms with E-state index in [1.54, 1.807) is 11.3 Å². The van der Waals surface area contributed by atoms with Crippen molar-refractivity contribution in [3.63, 3.8) is 0 Å². The zero-order chi connectivity index (χ0) is 12.3. The van der Waals surface area contributed by atoms with Crippen molar-refractivity contribution in [2.24, 2.45) is 5.92 Å². The van der Waals surface area contributed by atoms with E-state index >= 15 is 0 Å². The van der Waals surface area contributed by atoms with E-state index < -0.39 is 0 Å². The molecule has 0 aliphatic carbocycles. The number of thiazole rings is 1. The van der Waals surface area contributed by atoms with Gasteiger partial charge in [-0.15, -0.1) is 11.3 Å². The Morgan fingerprint density at radius 2 is 2.53 bits per heavy atom. The van der Waals surface area contributed by atoms with E-state index in [4.69, 9.17) is 4.74 Å². The predicted molar refractivity (Wildman–Crippen MR) is 67.1 cm³/mol. The Hall–Kier alpha value is -0.940. The van der Waals surface area contributed by atoms with Crippen molar-refractivity contribution in [3.05, 3.63) is 16.1 Å². The van der Waals surface area contributed by atoms with Gasteiger partial charge in [0.05, 0.1) is 23.7 Å². The molecule has 1 aromatic rings. The second-order valence-electron chi connectivity index (χ2n) is 4.43. The van der Waals surface area contributed by atoms with Crippen molar-refractivity contribution in [3.8, 4) is 0 Å². The summed E-state index contributed by atoms with van der Waals surface area (Å²) in [4.78, 5) is 19.3. The van der Waals surface area contributed by atoms with Crippen LogP contribution in [0, 0.1) is 12.8 Å². The molecule has 2 heterocycles. The maximum atomic E-state index is 12.0. The highest BCUT2D eigenvalue weighted by atomic mass is 32.1. The van der Waals surface area contributed by atoms with Crippen LogP contribution in [-0.2, 0) is 16.0 Å². The van der Waals surface area contributed by atoms with Crippen molar-refractivity contribution in [2.75, 3.05) is 26.8 Å². The summed E-state index contributed by atoms with van der Waals surface area (Å²) in [6.07, 6.45) is 1.76. The molecule has 4 nitrogen and oxygen atoms in total. The third-order valence-electron chi connectivity index (χ3n) is 3.17. The number of aryl methyl sites for hydroxylation is 1. The summed E-state index contributed by atoms with van der Waals surface area (Å²) < 4.78 is 5.24. The number of rotatable bonds is 4. The quantitative estimate of drug-likeness (QED) is 0.817. The zero-order valence-electron chi connectivity index (χ0n) is 10.3. The van der Waals surface area contributed by atoms with Gasteiger partial charge < -0.3 is 9.64 Å². The van der Waals surface area contributed by atoms with E-state index in [1.807, 2.05) is 24.4 Å². The van der Waals surface area contributed by atoms with Gasteiger partial charge in [-0.25, -0.2) is 4.98 Å².